The molecule has 0 spiro atoms. The Kier molecular flexibility index (Phi) is 23.0. The average molecular weight is 1500 g/mol. The van der Waals surface area contributed by atoms with Crippen LogP contribution in [0.15, 0.2) is 176 Å². The third-order valence-corrected chi connectivity index (χ3v) is 24.3. The number of aryl methyl sites for hydroxylation is 14. The maximum absolute atomic E-state index is 2.49. The van der Waals surface area contributed by atoms with Crippen molar-refractivity contribution in [2.45, 2.75) is 217 Å². The van der Waals surface area contributed by atoms with Gasteiger partial charge in [-0.05, 0) is 294 Å². The fourth-order valence-corrected chi connectivity index (χ4v) is 19.0. The molecule has 0 N–H and O–H groups in total. The van der Waals surface area contributed by atoms with E-state index in [1.54, 1.807) is 0 Å². The first kappa shape index (κ1) is 81.4. The third-order valence-electron chi connectivity index (χ3n) is 24.3. The Morgan fingerprint density at radius 2 is 0.593 bits per heavy atom. The molecule has 113 heavy (non-hydrogen) atoms. The third kappa shape index (κ3) is 17.3. The standard InChI is InChI=1S/C28H34N.3C27H32N/c1-18(2)13-22-16-27(29(6)17-23(22)14-19(3)4)28-20(5)11-12-25-24-10-8-7-9-21(24)15-26(25)28;1-17-8-10-22-20(12-17)14-24-23(22)11-9-18(2)26(24)25-13-19(3)21(16-28(25)7)15-27(4,5)6;1-17-8-10-20-14-24-22(23(20)12-17)11-9-18(2)26(24)25-13-19(3)21(16-28(25)7)15-27(4,5)6;1-17-9-8-10-21-22-12-11-18(2)26(24(22)14-23(17)21)25-13-19(3)20(16-28(25)7)15-27(4,5)6/h7-12,16-19H,13-15H2,1-6H3;3*8-13,16H,14-15H2,1-7H3/q4*+1. The van der Waals surface area contributed by atoms with E-state index in [0.717, 1.165) is 57.8 Å². The summed E-state index contributed by atoms with van der Waals surface area (Å²) < 4.78 is 9.38. The summed E-state index contributed by atoms with van der Waals surface area (Å²) in [6, 6.07) is 57.5. The van der Waals surface area contributed by atoms with E-state index in [-0.39, 0.29) is 0 Å². The van der Waals surface area contributed by atoms with Gasteiger partial charge in [0.25, 0.3) is 0 Å². The number of nitrogens with zero attached hydrogens (tertiary/aromatic N) is 4. The highest BCUT2D eigenvalue weighted by molar-refractivity contribution is 5.89. The van der Waals surface area contributed by atoms with Crippen LogP contribution in [0.5, 0.6) is 0 Å². The van der Waals surface area contributed by atoms with Gasteiger partial charge in [-0.2, -0.15) is 0 Å². The van der Waals surface area contributed by atoms with Crippen molar-refractivity contribution >= 4 is 0 Å². The normalized spacial score (nSPS) is 12.8. The zero-order chi connectivity index (χ0) is 81.4. The zero-order valence-electron chi connectivity index (χ0n) is 74.1. The van der Waals surface area contributed by atoms with Crippen LogP contribution in [-0.4, -0.2) is 0 Å². The van der Waals surface area contributed by atoms with Gasteiger partial charge in [0.05, 0.1) is 22.3 Å². The summed E-state index contributed by atoms with van der Waals surface area (Å²) in [4.78, 5) is 0. The van der Waals surface area contributed by atoms with Gasteiger partial charge in [-0.1, -0.05) is 229 Å². The summed E-state index contributed by atoms with van der Waals surface area (Å²) >= 11 is 0. The van der Waals surface area contributed by atoms with Gasteiger partial charge in [0, 0.05) is 46.5 Å². The van der Waals surface area contributed by atoms with E-state index in [1.165, 1.54) is 217 Å². The van der Waals surface area contributed by atoms with Crippen LogP contribution >= 0.6 is 0 Å². The van der Waals surface area contributed by atoms with E-state index < -0.39 is 0 Å². The molecule has 4 heteroatoms. The molecule has 0 aliphatic heterocycles. The molecular weight excluding hydrogens is 1370 g/mol. The number of hydrogen-bond donors (Lipinski definition) is 0. The minimum Gasteiger partial charge on any atom is -0.201 e. The summed E-state index contributed by atoms with van der Waals surface area (Å²) in [7, 11) is 8.82. The van der Waals surface area contributed by atoms with Gasteiger partial charge in [-0.15, -0.1) is 0 Å². The molecule has 4 heterocycles. The first-order valence-electron chi connectivity index (χ1n) is 42.2. The highest BCUT2D eigenvalue weighted by Crippen LogP contribution is 2.48. The van der Waals surface area contributed by atoms with Crippen LogP contribution in [0.3, 0.4) is 0 Å². The summed E-state index contributed by atoms with van der Waals surface area (Å²) in [6.45, 7) is 52.5. The van der Waals surface area contributed by atoms with Gasteiger partial charge in [-0.25, -0.2) is 18.3 Å². The minimum atomic E-state index is 0.294. The van der Waals surface area contributed by atoms with Gasteiger partial charge in [0.2, 0.25) is 22.8 Å². The van der Waals surface area contributed by atoms with E-state index in [0.29, 0.717) is 28.1 Å². The van der Waals surface area contributed by atoms with Crippen LogP contribution in [-0.2, 0) is 86.0 Å². The molecule has 8 aromatic carbocycles. The van der Waals surface area contributed by atoms with E-state index in [2.05, 4.69) is 382 Å². The topological polar surface area (TPSA) is 15.5 Å². The van der Waals surface area contributed by atoms with Crippen molar-refractivity contribution in [2.24, 2.45) is 56.3 Å². The SMILES string of the molecule is Cc1cc(-c2c(C)ccc3c2Cc2c(C)cccc2-3)[n+](C)cc1CC(C)(C)C.Cc1ccc2c(c1)-c1ccc(C)c(-c3cc(C)c(CC(C)(C)C)c[n+]3C)c1C2.Cc1ccc2c(c1)Cc1c-2ccc(C)c1-c1cc(C)c(CC(C)(C)C)c[n+]1C.Cc1ccc2c(c1-c1cc(CC(C)C)c(CC(C)C)c[n+]1C)Cc1ccccc1-2. The number of rotatable bonds is 11. The Morgan fingerprint density at radius 3 is 1.04 bits per heavy atom. The number of pyridine rings is 4. The number of benzene rings is 8. The molecule has 4 aromatic heterocycles. The lowest BCUT2D eigenvalue weighted by molar-refractivity contribution is -0.661. The largest absolute Gasteiger partial charge is 0.213 e. The van der Waals surface area contributed by atoms with Gasteiger partial charge in [-0.3, -0.25) is 0 Å². The van der Waals surface area contributed by atoms with Crippen molar-refractivity contribution < 1.29 is 18.3 Å². The zero-order valence-corrected chi connectivity index (χ0v) is 74.1. The summed E-state index contributed by atoms with van der Waals surface area (Å²) in [5.41, 5.74) is 56.1. The van der Waals surface area contributed by atoms with E-state index in [9.17, 15) is 0 Å². The van der Waals surface area contributed by atoms with E-state index in [4.69, 9.17) is 0 Å². The fourth-order valence-electron chi connectivity index (χ4n) is 19.0. The molecule has 0 amide bonds. The molecule has 4 aliphatic rings. The monoisotopic (exact) mass is 1500 g/mol. The maximum Gasteiger partial charge on any atom is 0.213 e. The van der Waals surface area contributed by atoms with Crippen LogP contribution < -0.4 is 18.3 Å². The Morgan fingerprint density at radius 1 is 0.265 bits per heavy atom. The molecule has 4 aliphatic carbocycles. The maximum atomic E-state index is 2.49. The molecule has 582 valence electrons. The lowest BCUT2D eigenvalue weighted by atomic mass is 9.86. The van der Waals surface area contributed by atoms with Crippen molar-refractivity contribution in [1.82, 2.24) is 0 Å². The summed E-state index contributed by atoms with van der Waals surface area (Å²) in [5.74, 6) is 1.33. The molecule has 16 rings (SSSR count). The Bertz CT molecular complexity index is 5690. The lowest BCUT2D eigenvalue weighted by Crippen LogP contribution is -2.33. The second kappa shape index (κ2) is 32.0. The molecule has 0 radical (unpaired) electrons. The van der Waals surface area contributed by atoms with Gasteiger partial charge < -0.3 is 0 Å². The highest BCUT2D eigenvalue weighted by Gasteiger charge is 2.34. The fraction of sp³-hybridized carbons (Fsp3) is 0.376. The van der Waals surface area contributed by atoms with Crippen molar-refractivity contribution in [2.75, 3.05) is 0 Å². The summed E-state index contributed by atoms with van der Waals surface area (Å²) in [5, 5.41) is 0. The summed E-state index contributed by atoms with van der Waals surface area (Å²) in [6.07, 6.45) is 19.2. The van der Waals surface area contributed by atoms with Crippen LogP contribution in [0.4, 0.5) is 0 Å². The average Bonchev–Trinajstić information content (AvgIpc) is 1.65. The second-order valence-corrected chi connectivity index (χ2v) is 39.1. The Labute approximate surface area is 681 Å². The predicted molar refractivity (Wildman–Crippen MR) is 479 cm³/mol. The predicted octanol–water partition coefficient (Wildman–Crippen LogP) is 25.2. The van der Waals surface area contributed by atoms with Crippen LogP contribution in [0, 0.1) is 97.3 Å². The lowest BCUT2D eigenvalue weighted by Gasteiger charge is -2.19. The first-order chi connectivity index (χ1) is 53.3. The van der Waals surface area contributed by atoms with Crippen molar-refractivity contribution in [3.8, 4) is 89.5 Å². The molecule has 0 bridgehead atoms. The molecule has 12 aromatic rings. The van der Waals surface area contributed by atoms with Crippen LogP contribution in [0.2, 0.25) is 0 Å². The van der Waals surface area contributed by atoms with Gasteiger partial charge in [0.15, 0.2) is 24.8 Å². The van der Waals surface area contributed by atoms with E-state index in [1.807, 2.05) is 0 Å². The number of fused-ring (bicyclic) bond motifs is 12. The van der Waals surface area contributed by atoms with Crippen LogP contribution in [0.1, 0.15) is 218 Å². The molecular formula is C109H130N4+4. The van der Waals surface area contributed by atoms with E-state index >= 15 is 0 Å². The molecule has 0 saturated carbocycles. The number of hydrogen-bond acceptors (Lipinski definition) is 0. The van der Waals surface area contributed by atoms with Crippen molar-refractivity contribution in [3.05, 3.63) is 304 Å². The molecule has 0 unspecified atom stereocenters. The van der Waals surface area contributed by atoms with Crippen LogP contribution in [0.25, 0.3) is 89.5 Å². The molecule has 4 nitrogen and oxygen atoms in total. The van der Waals surface area contributed by atoms with Crippen molar-refractivity contribution in [3.63, 3.8) is 0 Å². The number of aromatic nitrogens is 4. The quantitative estimate of drug-likeness (QED) is 0.115. The Hall–Kier alpha value is -9.64. The molecule has 0 atom stereocenters. The first-order valence-corrected chi connectivity index (χ1v) is 42.2. The smallest absolute Gasteiger partial charge is 0.201 e. The van der Waals surface area contributed by atoms with Gasteiger partial charge in [0.1, 0.15) is 28.2 Å². The van der Waals surface area contributed by atoms with Crippen molar-refractivity contribution in [1.29, 1.82) is 0 Å². The highest BCUT2D eigenvalue weighted by atomic mass is 14.9. The minimum absolute atomic E-state index is 0.294. The Balaban J connectivity index is 0.000000132. The molecule has 0 fully saturated rings. The van der Waals surface area contributed by atoms with Gasteiger partial charge >= 0.3 is 0 Å². The molecule has 0 saturated heterocycles. The second-order valence-electron chi connectivity index (χ2n) is 39.1.